The number of H-pyrrole nitrogens is 1. The van der Waals surface area contributed by atoms with Crippen molar-refractivity contribution < 1.29 is 14.3 Å². The summed E-state index contributed by atoms with van der Waals surface area (Å²) in [4.78, 5) is 20.7. The molecule has 15 heavy (non-hydrogen) atoms. The van der Waals surface area contributed by atoms with Crippen molar-refractivity contribution in [2.45, 2.75) is 0 Å². The SMILES string of the molecule is O=C(O)c1cnc(-c2ccc(F)cn2)[nH]1. The first-order valence-corrected chi connectivity index (χ1v) is 4.07. The molecule has 0 saturated carbocycles. The lowest BCUT2D eigenvalue weighted by Crippen LogP contribution is -1.95. The predicted molar refractivity (Wildman–Crippen MR) is 48.7 cm³/mol. The first kappa shape index (κ1) is 9.32. The van der Waals surface area contributed by atoms with Crippen molar-refractivity contribution in [1.82, 2.24) is 15.0 Å². The smallest absolute Gasteiger partial charge is 0.353 e. The van der Waals surface area contributed by atoms with E-state index < -0.39 is 11.8 Å². The Balaban J connectivity index is 2.37. The van der Waals surface area contributed by atoms with Crippen LogP contribution in [-0.2, 0) is 0 Å². The Labute approximate surface area is 83.6 Å². The number of hydrogen-bond acceptors (Lipinski definition) is 3. The maximum atomic E-state index is 12.5. The van der Waals surface area contributed by atoms with E-state index >= 15 is 0 Å². The first-order chi connectivity index (χ1) is 7.16. The van der Waals surface area contributed by atoms with Gasteiger partial charge in [0.25, 0.3) is 0 Å². The molecule has 2 N–H and O–H groups in total. The number of nitrogens with one attached hydrogen (secondary N) is 1. The van der Waals surface area contributed by atoms with Crippen molar-refractivity contribution in [3.8, 4) is 11.5 Å². The monoisotopic (exact) mass is 207 g/mol. The van der Waals surface area contributed by atoms with Crippen LogP contribution in [-0.4, -0.2) is 26.0 Å². The van der Waals surface area contributed by atoms with Crippen molar-refractivity contribution in [1.29, 1.82) is 0 Å². The van der Waals surface area contributed by atoms with Gasteiger partial charge in [0.05, 0.1) is 12.4 Å². The van der Waals surface area contributed by atoms with Crippen LogP contribution in [0.5, 0.6) is 0 Å². The number of aromatic nitrogens is 3. The van der Waals surface area contributed by atoms with Gasteiger partial charge >= 0.3 is 5.97 Å². The molecule has 76 valence electrons. The molecule has 2 heterocycles. The minimum Gasteiger partial charge on any atom is -0.477 e. The number of aromatic carboxylic acids is 1. The van der Waals surface area contributed by atoms with Gasteiger partial charge in [-0.25, -0.2) is 19.2 Å². The molecule has 0 spiro atoms. The average Bonchev–Trinajstić information content (AvgIpc) is 2.68. The molecule has 5 nitrogen and oxygen atoms in total. The number of pyridine rings is 1. The Morgan fingerprint density at radius 3 is 2.67 bits per heavy atom. The highest BCUT2D eigenvalue weighted by Gasteiger charge is 2.09. The van der Waals surface area contributed by atoms with Crippen LogP contribution in [0.15, 0.2) is 24.5 Å². The van der Waals surface area contributed by atoms with E-state index in [0.29, 0.717) is 11.5 Å². The van der Waals surface area contributed by atoms with E-state index in [-0.39, 0.29) is 5.69 Å². The van der Waals surface area contributed by atoms with E-state index in [1.54, 1.807) is 0 Å². The van der Waals surface area contributed by atoms with Crippen LogP contribution in [0.4, 0.5) is 4.39 Å². The number of carbonyl (C=O) groups is 1. The van der Waals surface area contributed by atoms with Gasteiger partial charge in [-0.1, -0.05) is 0 Å². The zero-order valence-corrected chi connectivity index (χ0v) is 7.44. The van der Waals surface area contributed by atoms with Gasteiger partial charge in [0, 0.05) is 0 Å². The lowest BCUT2D eigenvalue weighted by Gasteiger charge is -1.94. The zero-order valence-electron chi connectivity index (χ0n) is 7.44. The molecule has 0 atom stereocenters. The lowest BCUT2D eigenvalue weighted by molar-refractivity contribution is 0.0691. The molecule has 0 fully saturated rings. The number of carboxylic acids is 1. The Morgan fingerprint density at radius 1 is 1.33 bits per heavy atom. The first-order valence-electron chi connectivity index (χ1n) is 4.07. The van der Waals surface area contributed by atoms with Gasteiger partial charge in [0.2, 0.25) is 0 Å². The molecule has 0 aliphatic rings. The summed E-state index contributed by atoms with van der Waals surface area (Å²) in [5.74, 6) is -1.26. The Morgan fingerprint density at radius 2 is 2.13 bits per heavy atom. The van der Waals surface area contributed by atoms with Gasteiger partial charge in [-0.15, -0.1) is 0 Å². The standard InChI is InChI=1S/C9H6FN3O2/c10-5-1-2-6(11-3-5)8-12-4-7(13-8)9(14)15/h1-4H,(H,12,13)(H,14,15). The van der Waals surface area contributed by atoms with Crippen LogP contribution in [0.2, 0.25) is 0 Å². The minimum atomic E-state index is -1.10. The Kier molecular flexibility index (Phi) is 2.17. The van der Waals surface area contributed by atoms with Gasteiger partial charge in [-0.2, -0.15) is 0 Å². The minimum absolute atomic E-state index is 0.0314. The van der Waals surface area contributed by atoms with E-state index in [2.05, 4.69) is 15.0 Å². The summed E-state index contributed by atoms with van der Waals surface area (Å²) in [7, 11) is 0. The number of halogens is 1. The van der Waals surface area contributed by atoms with Gasteiger partial charge in [0.1, 0.15) is 17.2 Å². The van der Waals surface area contributed by atoms with Crippen LogP contribution in [0.1, 0.15) is 10.5 Å². The van der Waals surface area contributed by atoms with Crippen LogP contribution in [0.3, 0.4) is 0 Å². The van der Waals surface area contributed by atoms with Crippen LogP contribution < -0.4 is 0 Å². The summed E-state index contributed by atoms with van der Waals surface area (Å²) >= 11 is 0. The number of hydrogen-bond donors (Lipinski definition) is 2. The summed E-state index contributed by atoms with van der Waals surface area (Å²) in [6.07, 6.45) is 2.22. The summed E-state index contributed by atoms with van der Waals surface area (Å²) in [5, 5.41) is 8.64. The number of carboxylic acid groups (broad SMARTS) is 1. The van der Waals surface area contributed by atoms with Gasteiger partial charge < -0.3 is 10.1 Å². The largest absolute Gasteiger partial charge is 0.477 e. The maximum absolute atomic E-state index is 12.5. The van der Waals surface area contributed by atoms with Crippen molar-refractivity contribution >= 4 is 5.97 Å². The normalized spacial score (nSPS) is 10.2. The summed E-state index contributed by atoms with van der Waals surface area (Å²) in [6.45, 7) is 0. The second-order valence-electron chi connectivity index (χ2n) is 2.81. The summed E-state index contributed by atoms with van der Waals surface area (Å²) in [5.41, 5.74) is 0.361. The number of rotatable bonds is 2. The van der Waals surface area contributed by atoms with E-state index in [1.807, 2.05) is 0 Å². The fourth-order valence-electron chi connectivity index (χ4n) is 1.08. The Bertz CT molecular complexity index is 492. The van der Waals surface area contributed by atoms with Crippen molar-refractivity contribution in [3.05, 3.63) is 36.0 Å². The average molecular weight is 207 g/mol. The number of aromatic amines is 1. The second-order valence-corrected chi connectivity index (χ2v) is 2.81. The highest BCUT2D eigenvalue weighted by atomic mass is 19.1. The summed E-state index contributed by atoms with van der Waals surface area (Å²) < 4.78 is 12.5. The fraction of sp³-hybridized carbons (Fsp3) is 0. The van der Waals surface area contributed by atoms with E-state index in [9.17, 15) is 9.18 Å². The molecule has 0 radical (unpaired) electrons. The maximum Gasteiger partial charge on any atom is 0.353 e. The topological polar surface area (TPSA) is 78.9 Å². The molecular weight excluding hydrogens is 201 g/mol. The molecule has 2 aromatic heterocycles. The van der Waals surface area contributed by atoms with Crippen LogP contribution >= 0.6 is 0 Å². The summed E-state index contributed by atoms with van der Waals surface area (Å²) in [6, 6.07) is 2.64. The molecule has 0 bridgehead atoms. The molecule has 0 aliphatic carbocycles. The molecule has 0 amide bonds. The van der Waals surface area contributed by atoms with Crippen LogP contribution in [0.25, 0.3) is 11.5 Å². The van der Waals surface area contributed by atoms with Gasteiger partial charge in [0.15, 0.2) is 5.82 Å². The lowest BCUT2D eigenvalue weighted by atomic mass is 10.3. The molecular formula is C9H6FN3O2. The highest BCUT2D eigenvalue weighted by Crippen LogP contribution is 2.12. The molecule has 0 aromatic carbocycles. The van der Waals surface area contributed by atoms with E-state index in [1.165, 1.54) is 18.3 Å². The van der Waals surface area contributed by atoms with Gasteiger partial charge in [-0.05, 0) is 12.1 Å². The van der Waals surface area contributed by atoms with Gasteiger partial charge in [-0.3, -0.25) is 0 Å². The predicted octanol–water partition coefficient (Wildman–Crippen LogP) is 1.31. The molecule has 2 aromatic rings. The zero-order chi connectivity index (χ0) is 10.8. The van der Waals surface area contributed by atoms with E-state index in [4.69, 9.17) is 5.11 Å². The fourth-order valence-corrected chi connectivity index (χ4v) is 1.08. The quantitative estimate of drug-likeness (QED) is 0.778. The molecule has 0 unspecified atom stereocenters. The third-order valence-electron chi connectivity index (χ3n) is 1.78. The number of imidazole rings is 1. The molecule has 0 aliphatic heterocycles. The highest BCUT2D eigenvalue weighted by molar-refractivity contribution is 5.85. The third-order valence-corrected chi connectivity index (χ3v) is 1.78. The second kappa shape index (κ2) is 3.49. The molecule has 2 rings (SSSR count). The molecule has 0 saturated heterocycles. The Hall–Kier alpha value is -2.24. The molecule has 6 heteroatoms. The number of nitrogens with zero attached hydrogens (tertiary/aromatic N) is 2. The van der Waals surface area contributed by atoms with E-state index in [0.717, 1.165) is 6.20 Å². The third kappa shape index (κ3) is 1.83. The van der Waals surface area contributed by atoms with Crippen LogP contribution in [0, 0.1) is 5.82 Å². The van der Waals surface area contributed by atoms with Crippen molar-refractivity contribution in [2.75, 3.05) is 0 Å². The van der Waals surface area contributed by atoms with Crippen molar-refractivity contribution in [2.24, 2.45) is 0 Å². The van der Waals surface area contributed by atoms with Crippen molar-refractivity contribution in [3.63, 3.8) is 0 Å².